The maximum atomic E-state index is 5.67. The molecule has 1 aliphatic carbocycles. The fraction of sp³-hybridized carbons (Fsp3) is 1.00. The van der Waals surface area contributed by atoms with Crippen molar-refractivity contribution in [3.63, 3.8) is 0 Å². The highest BCUT2D eigenvalue weighted by atomic mass is 16.5. The topological polar surface area (TPSA) is 30.5 Å². The minimum atomic E-state index is 0.367. The highest BCUT2D eigenvalue weighted by Crippen LogP contribution is 2.17. The SMILES string of the molecule is C(CNC1CCCC1)COCC1CCCCO1. The van der Waals surface area contributed by atoms with Crippen LogP contribution in [0.4, 0.5) is 0 Å². The van der Waals surface area contributed by atoms with Gasteiger partial charge in [-0.3, -0.25) is 0 Å². The molecule has 0 aromatic carbocycles. The summed E-state index contributed by atoms with van der Waals surface area (Å²) in [5, 5.41) is 3.61. The molecular weight excluding hydrogens is 214 g/mol. The molecule has 0 aromatic rings. The van der Waals surface area contributed by atoms with Gasteiger partial charge in [0.1, 0.15) is 0 Å². The highest BCUT2D eigenvalue weighted by Gasteiger charge is 2.14. The van der Waals surface area contributed by atoms with Gasteiger partial charge >= 0.3 is 0 Å². The van der Waals surface area contributed by atoms with Crippen LogP contribution in [-0.4, -0.2) is 38.5 Å². The van der Waals surface area contributed by atoms with Crippen LogP contribution < -0.4 is 5.32 Å². The third kappa shape index (κ3) is 5.36. The largest absolute Gasteiger partial charge is 0.379 e. The van der Waals surface area contributed by atoms with E-state index in [0.29, 0.717) is 6.10 Å². The van der Waals surface area contributed by atoms with Crippen LogP contribution in [0.25, 0.3) is 0 Å². The first-order valence-electron chi connectivity index (χ1n) is 7.38. The molecule has 1 unspecified atom stereocenters. The van der Waals surface area contributed by atoms with Gasteiger partial charge < -0.3 is 14.8 Å². The summed E-state index contributed by atoms with van der Waals surface area (Å²) in [7, 11) is 0. The van der Waals surface area contributed by atoms with E-state index in [1.165, 1.54) is 44.9 Å². The molecule has 3 heteroatoms. The quantitative estimate of drug-likeness (QED) is 0.695. The van der Waals surface area contributed by atoms with Crippen molar-refractivity contribution >= 4 is 0 Å². The van der Waals surface area contributed by atoms with E-state index in [2.05, 4.69) is 5.32 Å². The van der Waals surface area contributed by atoms with Gasteiger partial charge in [-0.2, -0.15) is 0 Å². The third-order valence-electron chi connectivity index (χ3n) is 3.83. The van der Waals surface area contributed by atoms with Crippen LogP contribution in [0.5, 0.6) is 0 Å². The summed E-state index contributed by atoms with van der Waals surface area (Å²) in [6.07, 6.45) is 10.8. The van der Waals surface area contributed by atoms with E-state index >= 15 is 0 Å². The van der Waals surface area contributed by atoms with E-state index in [9.17, 15) is 0 Å². The molecule has 1 atom stereocenters. The Morgan fingerprint density at radius 3 is 2.65 bits per heavy atom. The normalized spacial score (nSPS) is 26.5. The average molecular weight is 241 g/mol. The second-order valence-corrected chi connectivity index (χ2v) is 5.35. The Balaban J connectivity index is 1.38. The molecule has 0 amide bonds. The number of hydrogen-bond acceptors (Lipinski definition) is 3. The smallest absolute Gasteiger partial charge is 0.0808 e. The molecule has 0 aromatic heterocycles. The summed E-state index contributed by atoms with van der Waals surface area (Å²) in [4.78, 5) is 0. The van der Waals surface area contributed by atoms with Gasteiger partial charge in [0.2, 0.25) is 0 Å². The van der Waals surface area contributed by atoms with Crippen LogP contribution in [0.2, 0.25) is 0 Å². The molecule has 1 saturated heterocycles. The Hall–Kier alpha value is -0.120. The molecule has 17 heavy (non-hydrogen) atoms. The van der Waals surface area contributed by atoms with E-state index in [0.717, 1.165) is 38.8 Å². The Labute approximate surface area is 105 Å². The van der Waals surface area contributed by atoms with Crippen molar-refractivity contribution in [2.75, 3.05) is 26.4 Å². The Morgan fingerprint density at radius 1 is 1.06 bits per heavy atom. The van der Waals surface area contributed by atoms with Crippen molar-refractivity contribution in [3.8, 4) is 0 Å². The molecule has 2 aliphatic rings. The van der Waals surface area contributed by atoms with Crippen molar-refractivity contribution in [2.24, 2.45) is 0 Å². The van der Waals surface area contributed by atoms with E-state index in [-0.39, 0.29) is 0 Å². The van der Waals surface area contributed by atoms with E-state index < -0.39 is 0 Å². The minimum Gasteiger partial charge on any atom is -0.379 e. The predicted octanol–water partition coefficient (Wildman–Crippen LogP) is 2.49. The molecule has 0 bridgehead atoms. The fourth-order valence-electron chi connectivity index (χ4n) is 2.76. The monoisotopic (exact) mass is 241 g/mol. The van der Waals surface area contributed by atoms with Gasteiger partial charge in [0.05, 0.1) is 12.7 Å². The first-order valence-corrected chi connectivity index (χ1v) is 7.38. The van der Waals surface area contributed by atoms with Crippen molar-refractivity contribution in [3.05, 3.63) is 0 Å². The van der Waals surface area contributed by atoms with Gasteiger partial charge in [0, 0.05) is 19.3 Å². The number of rotatable bonds is 7. The highest BCUT2D eigenvalue weighted by molar-refractivity contribution is 4.73. The molecule has 2 rings (SSSR count). The lowest BCUT2D eigenvalue weighted by Gasteiger charge is -2.22. The van der Waals surface area contributed by atoms with Crippen LogP contribution in [0.3, 0.4) is 0 Å². The van der Waals surface area contributed by atoms with Crippen LogP contribution in [0.15, 0.2) is 0 Å². The predicted molar refractivity (Wildman–Crippen MR) is 69.3 cm³/mol. The maximum absolute atomic E-state index is 5.67. The van der Waals surface area contributed by atoms with Gasteiger partial charge in [-0.15, -0.1) is 0 Å². The van der Waals surface area contributed by atoms with Crippen molar-refractivity contribution < 1.29 is 9.47 Å². The summed E-state index contributed by atoms with van der Waals surface area (Å²) in [5.41, 5.74) is 0. The lowest BCUT2D eigenvalue weighted by molar-refractivity contribution is -0.0408. The van der Waals surface area contributed by atoms with Crippen molar-refractivity contribution in [2.45, 2.75) is 63.5 Å². The average Bonchev–Trinajstić information content (AvgIpc) is 2.88. The second kappa shape index (κ2) is 8.06. The van der Waals surface area contributed by atoms with Gasteiger partial charge in [-0.05, 0) is 45.1 Å². The molecule has 3 nitrogen and oxygen atoms in total. The summed E-state index contributed by atoms with van der Waals surface area (Å²) in [5.74, 6) is 0. The lowest BCUT2D eigenvalue weighted by Crippen LogP contribution is -2.28. The van der Waals surface area contributed by atoms with Gasteiger partial charge in [0.15, 0.2) is 0 Å². The summed E-state index contributed by atoms with van der Waals surface area (Å²) in [6, 6.07) is 0.789. The number of nitrogens with one attached hydrogen (secondary N) is 1. The lowest BCUT2D eigenvalue weighted by atomic mass is 10.1. The number of hydrogen-bond donors (Lipinski definition) is 1. The molecule has 1 N–H and O–H groups in total. The van der Waals surface area contributed by atoms with Gasteiger partial charge in [-0.1, -0.05) is 12.8 Å². The summed E-state index contributed by atoms with van der Waals surface area (Å²) >= 11 is 0. The molecular formula is C14H27NO2. The van der Waals surface area contributed by atoms with E-state index in [1.54, 1.807) is 0 Å². The Bertz CT molecular complexity index is 187. The van der Waals surface area contributed by atoms with Crippen LogP contribution >= 0.6 is 0 Å². The standard InChI is InChI=1S/C14H27NO2/c1-2-7-13(6-1)15-9-5-10-16-12-14-8-3-4-11-17-14/h13-15H,1-12H2. The molecule has 0 radical (unpaired) electrons. The Kier molecular flexibility index (Phi) is 6.32. The first kappa shape index (κ1) is 13.3. The summed E-state index contributed by atoms with van der Waals surface area (Å²) in [6.45, 7) is 3.70. The molecule has 1 aliphatic heterocycles. The van der Waals surface area contributed by atoms with Crippen molar-refractivity contribution in [1.29, 1.82) is 0 Å². The Morgan fingerprint density at radius 2 is 1.88 bits per heavy atom. The van der Waals surface area contributed by atoms with Crippen molar-refractivity contribution in [1.82, 2.24) is 5.32 Å². The van der Waals surface area contributed by atoms with Crippen LogP contribution in [0, 0.1) is 0 Å². The molecule has 1 saturated carbocycles. The van der Waals surface area contributed by atoms with Gasteiger partial charge in [-0.25, -0.2) is 0 Å². The zero-order chi connectivity index (χ0) is 11.8. The number of ether oxygens (including phenoxy) is 2. The molecule has 0 spiro atoms. The van der Waals surface area contributed by atoms with Gasteiger partial charge in [0.25, 0.3) is 0 Å². The fourth-order valence-corrected chi connectivity index (χ4v) is 2.76. The second-order valence-electron chi connectivity index (χ2n) is 5.35. The van der Waals surface area contributed by atoms with Crippen LogP contribution in [-0.2, 0) is 9.47 Å². The zero-order valence-corrected chi connectivity index (χ0v) is 11.0. The van der Waals surface area contributed by atoms with E-state index in [1.807, 2.05) is 0 Å². The molecule has 1 heterocycles. The molecule has 2 fully saturated rings. The maximum Gasteiger partial charge on any atom is 0.0808 e. The zero-order valence-electron chi connectivity index (χ0n) is 11.0. The first-order chi connectivity index (χ1) is 8.45. The summed E-state index contributed by atoms with van der Waals surface area (Å²) < 4.78 is 11.3. The van der Waals surface area contributed by atoms with E-state index in [4.69, 9.17) is 9.47 Å². The van der Waals surface area contributed by atoms with Crippen LogP contribution in [0.1, 0.15) is 51.4 Å². The molecule has 100 valence electrons. The third-order valence-corrected chi connectivity index (χ3v) is 3.83. The minimum absolute atomic E-state index is 0.367.